The lowest BCUT2D eigenvalue weighted by atomic mass is 10.2. The maximum absolute atomic E-state index is 12.0. The van der Waals surface area contributed by atoms with Crippen LogP contribution in [0.2, 0.25) is 0 Å². The highest BCUT2D eigenvalue weighted by Crippen LogP contribution is 2.16. The predicted octanol–water partition coefficient (Wildman–Crippen LogP) is 1.99. The lowest BCUT2D eigenvalue weighted by molar-refractivity contribution is 0.0656. The van der Waals surface area contributed by atoms with Gasteiger partial charge in [-0.05, 0) is 30.2 Å². The van der Waals surface area contributed by atoms with Crippen LogP contribution in [0.4, 0.5) is 0 Å². The second-order valence-electron chi connectivity index (χ2n) is 3.78. The van der Waals surface area contributed by atoms with Gasteiger partial charge in [-0.1, -0.05) is 6.07 Å². The molecule has 2 aromatic heterocycles. The van der Waals surface area contributed by atoms with Crippen LogP contribution in [0.3, 0.4) is 0 Å². The number of carbonyl (C=O) groups is 1. The minimum absolute atomic E-state index is 0.161. The zero-order valence-electron chi connectivity index (χ0n) is 9.62. The van der Waals surface area contributed by atoms with Crippen LogP contribution in [0.25, 0.3) is 0 Å². The molecule has 2 heterocycles. The number of carboxylic acids is 1. The van der Waals surface area contributed by atoms with E-state index in [1.165, 1.54) is 12.1 Å². The number of rotatable bonds is 4. The first-order chi connectivity index (χ1) is 8.56. The molecular formula is C12H11NO4S. The van der Waals surface area contributed by atoms with Crippen molar-refractivity contribution >= 4 is 16.8 Å². The quantitative estimate of drug-likeness (QED) is 0.914. The van der Waals surface area contributed by atoms with Crippen molar-refractivity contribution < 1.29 is 18.5 Å². The number of pyridine rings is 1. The standard InChI is InChI=1S/C12H11NO4S/c1-8-4-9(6-13-5-8)7-18(16)11-3-2-10(17-11)12(14)15/h2-6H,7H2,1H3,(H,14,15). The molecule has 0 spiro atoms. The number of aromatic carboxylic acids is 1. The number of hydrogen-bond acceptors (Lipinski definition) is 4. The van der Waals surface area contributed by atoms with Gasteiger partial charge in [-0.15, -0.1) is 0 Å². The van der Waals surface area contributed by atoms with Crippen LogP contribution < -0.4 is 0 Å². The van der Waals surface area contributed by atoms with Gasteiger partial charge in [0, 0.05) is 12.4 Å². The Morgan fingerprint density at radius 1 is 1.44 bits per heavy atom. The van der Waals surface area contributed by atoms with Gasteiger partial charge in [0.25, 0.3) is 0 Å². The van der Waals surface area contributed by atoms with E-state index in [1.807, 2.05) is 13.0 Å². The summed E-state index contributed by atoms with van der Waals surface area (Å²) in [5.41, 5.74) is 1.80. The number of carboxylic acid groups (broad SMARTS) is 1. The van der Waals surface area contributed by atoms with Gasteiger partial charge < -0.3 is 9.52 Å². The average molecular weight is 265 g/mol. The molecule has 2 rings (SSSR count). The van der Waals surface area contributed by atoms with E-state index in [4.69, 9.17) is 9.52 Å². The van der Waals surface area contributed by atoms with Gasteiger partial charge in [0.05, 0.1) is 16.6 Å². The van der Waals surface area contributed by atoms with Crippen molar-refractivity contribution in [2.24, 2.45) is 0 Å². The molecule has 2 aromatic rings. The number of aryl methyl sites for hydroxylation is 1. The molecule has 5 nitrogen and oxygen atoms in total. The molecule has 18 heavy (non-hydrogen) atoms. The lowest BCUT2D eigenvalue weighted by Crippen LogP contribution is -1.97. The summed E-state index contributed by atoms with van der Waals surface area (Å²) < 4.78 is 16.9. The molecular weight excluding hydrogens is 254 g/mol. The monoisotopic (exact) mass is 265 g/mol. The average Bonchev–Trinajstić information content (AvgIpc) is 2.78. The SMILES string of the molecule is Cc1cncc(CS(=O)c2ccc(C(=O)O)o2)c1. The summed E-state index contributed by atoms with van der Waals surface area (Å²) in [7, 11) is -1.41. The van der Waals surface area contributed by atoms with Crippen LogP contribution in [0.1, 0.15) is 21.7 Å². The summed E-state index contributed by atoms with van der Waals surface area (Å²) in [6, 6.07) is 4.60. The maximum Gasteiger partial charge on any atom is 0.371 e. The zero-order chi connectivity index (χ0) is 13.1. The highest BCUT2D eigenvalue weighted by molar-refractivity contribution is 7.84. The minimum atomic E-state index is -1.41. The second kappa shape index (κ2) is 5.14. The first kappa shape index (κ1) is 12.5. The van der Waals surface area contributed by atoms with E-state index in [2.05, 4.69) is 4.98 Å². The van der Waals surface area contributed by atoms with Crippen LogP contribution in [0.15, 0.2) is 40.1 Å². The van der Waals surface area contributed by atoms with Gasteiger partial charge in [0.15, 0.2) is 5.09 Å². The fourth-order valence-corrected chi connectivity index (χ4v) is 2.48. The van der Waals surface area contributed by atoms with Crippen molar-refractivity contribution in [2.75, 3.05) is 0 Å². The molecule has 1 unspecified atom stereocenters. The van der Waals surface area contributed by atoms with Gasteiger partial charge in [-0.25, -0.2) is 4.79 Å². The molecule has 0 bridgehead atoms. The van der Waals surface area contributed by atoms with Crippen LogP contribution in [0, 0.1) is 6.92 Å². The zero-order valence-corrected chi connectivity index (χ0v) is 10.4. The molecule has 0 amide bonds. The molecule has 0 saturated carbocycles. The van der Waals surface area contributed by atoms with E-state index in [9.17, 15) is 9.00 Å². The Kier molecular flexibility index (Phi) is 3.57. The first-order valence-corrected chi connectivity index (χ1v) is 6.50. The molecule has 0 aromatic carbocycles. The number of aromatic nitrogens is 1. The minimum Gasteiger partial charge on any atom is -0.475 e. The van der Waals surface area contributed by atoms with Crippen molar-refractivity contribution in [3.63, 3.8) is 0 Å². The largest absolute Gasteiger partial charge is 0.475 e. The van der Waals surface area contributed by atoms with E-state index in [0.29, 0.717) is 0 Å². The van der Waals surface area contributed by atoms with E-state index in [0.717, 1.165) is 11.1 Å². The van der Waals surface area contributed by atoms with Gasteiger partial charge in [-0.2, -0.15) is 0 Å². The molecule has 1 N–H and O–H groups in total. The number of nitrogens with zero attached hydrogens (tertiary/aromatic N) is 1. The van der Waals surface area contributed by atoms with E-state index >= 15 is 0 Å². The highest BCUT2D eigenvalue weighted by Gasteiger charge is 2.14. The van der Waals surface area contributed by atoms with Crippen molar-refractivity contribution in [3.8, 4) is 0 Å². The molecule has 0 aliphatic rings. The van der Waals surface area contributed by atoms with Crippen molar-refractivity contribution in [3.05, 3.63) is 47.5 Å². The van der Waals surface area contributed by atoms with Gasteiger partial charge in [0.2, 0.25) is 5.76 Å². The fraction of sp³-hybridized carbons (Fsp3) is 0.167. The smallest absolute Gasteiger partial charge is 0.371 e. The molecule has 0 radical (unpaired) electrons. The third kappa shape index (κ3) is 2.84. The number of furan rings is 1. The highest BCUT2D eigenvalue weighted by atomic mass is 32.2. The Balaban J connectivity index is 2.14. The Morgan fingerprint density at radius 3 is 2.83 bits per heavy atom. The topological polar surface area (TPSA) is 80.4 Å². The van der Waals surface area contributed by atoms with E-state index in [1.54, 1.807) is 12.4 Å². The summed E-state index contributed by atoms with van der Waals surface area (Å²) in [4.78, 5) is 14.6. The van der Waals surface area contributed by atoms with Crippen molar-refractivity contribution in [2.45, 2.75) is 17.8 Å². The van der Waals surface area contributed by atoms with Crippen LogP contribution >= 0.6 is 0 Å². The predicted molar refractivity (Wildman–Crippen MR) is 64.8 cm³/mol. The summed E-state index contributed by atoms with van der Waals surface area (Å²) in [5.74, 6) is -1.13. The first-order valence-electron chi connectivity index (χ1n) is 5.18. The third-order valence-electron chi connectivity index (χ3n) is 2.25. The number of hydrogen-bond donors (Lipinski definition) is 1. The van der Waals surface area contributed by atoms with Gasteiger partial charge in [-0.3, -0.25) is 9.19 Å². The second-order valence-corrected chi connectivity index (χ2v) is 5.17. The van der Waals surface area contributed by atoms with Crippen molar-refractivity contribution in [1.82, 2.24) is 4.98 Å². The summed E-state index contributed by atoms with van der Waals surface area (Å²) >= 11 is 0. The maximum atomic E-state index is 12.0. The third-order valence-corrected chi connectivity index (χ3v) is 3.51. The van der Waals surface area contributed by atoms with Crippen molar-refractivity contribution in [1.29, 1.82) is 0 Å². The van der Waals surface area contributed by atoms with Gasteiger partial charge in [0.1, 0.15) is 0 Å². The normalized spacial score (nSPS) is 12.3. The Hall–Kier alpha value is -1.95. The lowest BCUT2D eigenvalue weighted by Gasteiger charge is -2.00. The molecule has 0 aliphatic heterocycles. The molecule has 6 heteroatoms. The summed E-state index contributed by atoms with van der Waals surface area (Å²) in [5, 5.41) is 8.86. The van der Waals surface area contributed by atoms with Crippen LogP contribution in [-0.4, -0.2) is 20.3 Å². The fourth-order valence-electron chi connectivity index (χ4n) is 1.48. The van der Waals surface area contributed by atoms with E-state index in [-0.39, 0.29) is 16.6 Å². The molecule has 0 saturated heterocycles. The Bertz CT molecular complexity index is 606. The molecule has 0 fully saturated rings. The van der Waals surface area contributed by atoms with Crippen LogP contribution in [-0.2, 0) is 16.6 Å². The van der Waals surface area contributed by atoms with E-state index < -0.39 is 16.8 Å². The Morgan fingerprint density at radius 2 is 2.22 bits per heavy atom. The van der Waals surface area contributed by atoms with Crippen LogP contribution in [0.5, 0.6) is 0 Å². The molecule has 0 aliphatic carbocycles. The summed E-state index contributed by atoms with van der Waals surface area (Å²) in [6.45, 7) is 1.90. The molecule has 94 valence electrons. The van der Waals surface area contributed by atoms with Gasteiger partial charge >= 0.3 is 5.97 Å². The Labute approximate surface area is 106 Å². The summed E-state index contributed by atoms with van der Waals surface area (Å²) in [6.07, 6.45) is 3.34. The molecule has 1 atom stereocenters.